The summed E-state index contributed by atoms with van der Waals surface area (Å²) in [4.78, 5) is 27.3. The van der Waals surface area contributed by atoms with E-state index in [0.717, 1.165) is 5.56 Å². The van der Waals surface area contributed by atoms with Gasteiger partial charge < -0.3 is 10.6 Å². The number of rotatable bonds is 3. The number of carbonyl (C=O) groups is 1. The van der Waals surface area contributed by atoms with Gasteiger partial charge in [0.25, 0.3) is 5.69 Å². The Morgan fingerprint density at radius 2 is 2.39 bits per heavy atom. The lowest BCUT2D eigenvalue weighted by Crippen LogP contribution is -2.28. The van der Waals surface area contributed by atoms with Crippen LogP contribution in [0.3, 0.4) is 0 Å². The zero-order valence-electron chi connectivity index (χ0n) is 10.00. The average molecular weight is 250 g/mol. The van der Waals surface area contributed by atoms with Crippen LogP contribution in [0.4, 0.5) is 11.5 Å². The number of amides is 1. The molecule has 1 fully saturated rings. The van der Waals surface area contributed by atoms with Crippen LogP contribution >= 0.6 is 0 Å². The Balaban J connectivity index is 2.20. The molecule has 2 rings (SSSR count). The van der Waals surface area contributed by atoms with Crippen LogP contribution in [0.25, 0.3) is 0 Å². The summed E-state index contributed by atoms with van der Waals surface area (Å²) in [5, 5.41) is 10.6. The Kier molecular flexibility index (Phi) is 3.14. The standard InChI is InChI=1S/C11H14N4O3/c1-7-4-9(15(17)18)5-13-11(7)14-3-2-8(6-14)10(12)16/h4-5,8H,2-3,6H2,1H3,(H2,12,16). The van der Waals surface area contributed by atoms with Crippen LogP contribution in [0.1, 0.15) is 12.0 Å². The number of aryl methyl sites for hydroxylation is 1. The van der Waals surface area contributed by atoms with Crippen LogP contribution in [0.15, 0.2) is 12.3 Å². The lowest BCUT2D eigenvalue weighted by molar-refractivity contribution is -0.385. The van der Waals surface area contributed by atoms with Gasteiger partial charge in [0.15, 0.2) is 0 Å². The molecule has 1 aliphatic heterocycles. The average Bonchev–Trinajstić information content (AvgIpc) is 2.78. The van der Waals surface area contributed by atoms with Crippen molar-refractivity contribution in [2.24, 2.45) is 11.7 Å². The van der Waals surface area contributed by atoms with Gasteiger partial charge in [0.1, 0.15) is 12.0 Å². The van der Waals surface area contributed by atoms with Crippen molar-refractivity contribution < 1.29 is 9.72 Å². The Bertz CT molecular complexity index is 503. The van der Waals surface area contributed by atoms with Crippen LogP contribution in [0, 0.1) is 23.0 Å². The minimum Gasteiger partial charge on any atom is -0.369 e. The number of nitro groups is 1. The molecule has 0 aromatic carbocycles. The summed E-state index contributed by atoms with van der Waals surface area (Å²) in [6.45, 7) is 2.99. The van der Waals surface area contributed by atoms with Gasteiger partial charge in [0.05, 0.1) is 10.8 Å². The normalized spacial score (nSPS) is 18.9. The minimum atomic E-state index is -0.472. The molecule has 7 nitrogen and oxygen atoms in total. The number of hydrogen-bond acceptors (Lipinski definition) is 5. The fourth-order valence-corrected chi connectivity index (χ4v) is 2.17. The molecule has 0 radical (unpaired) electrons. The summed E-state index contributed by atoms with van der Waals surface area (Å²) < 4.78 is 0. The fraction of sp³-hybridized carbons (Fsp3) is 0.455. The number of hydrogen-bond donors (Lipinski definition) is 1. The van der Waals surface area contributed by atoms with Crippen LogP contribution in [-0.2, 0) is 4.79 Å². The quantitative estimate of drug-likeness (QED) is 0.625. The van der Waals surface area contributed by atoms with Crippen LogP contribution < -0.4 is 10.6 Å². The maximum absolute atomic E-state index is 11.1. The molecule has 1 aromatic rings. The van der Waals surface area contributed by atoms with E-state index in [9.17, 15) is 14.9 Å². The summed E-state index contributed by atoms with van der Waals surface area (Å²) in [7, 11) is 0. The SMILES string of the molecule is Cc1cc([N+](=O)[O-])cnc1N1CCC(C(N)=O)C1. The summed E-state index contributed by atoms with van der Waals surface area (Å²) in [6, 6.07) is 1.49. The first-order valence-electron chi connectivity index (χ1n) is 5.64. The second-order valence-electron chi connectivity index (χ2n) is 4.43. The monoisotopic (exact) mass is 250 g/mol. The molecule has 1 amide bonds. The Morgan fingerprint density at radius 3 is 2.89 bits per heavy atom. The van der Waals surface area contributed by atoms with Gasteiger partial charge in [-0.2, -0.15) is 0 Å². The second-order valence-corrected chi connectivity index (χ2v) is 4.43. The van der Waals surface area contributed by atoms with E-state index in [2.05, 4.69) is 4.98 Å². The number of anilines is 1. The molecule has 1 aromatic heterocycles. The van der Waals surface area contributed by atoms with Crippen molar-refractivity contribution >= 4 is 17.4 Å². The molecule has 1 aliphatic rings. The molecule has 96 valence electrons. The zero-order valence-corrected chi connectivity index (χ0v) is 10.00. The van der Waals surface area contributed by atoms with E-state index in [4.69, 9.17) is 5.73 Å². The van der Waals surface area contributed by atoms with Gasteiger partial charge in [-0.15, -0.1) is 0 Å². The van der Waals surface area contributed by atoms with Gasteiger partial charge in [-0.05, 0) is 18.9 Å². The second kappa shape index (κ2) is 4.59. The topological polar surface area (TPSA) is 102 Å². The largest absolute Gasteiger partial charge is 0.369 e. The molecule has 7 heteroatoms. The highest BCUT2D eigenvalue weighted by Gasteiger charge is 2.28. The molecule has 1 atom stereocenters. The van der Waals surface area contributed by atoms with Crippen molar-refractivity contribution in [3.8, 4) is 0 Å². The maximum atomic E-state index is 11.1. The third-order valence-corrected chi connectivity index (χ3v) is 3.14. The van der Waals surface area contributed by atoms with E-state index in [1.807, 2.05) is 4.90 Å². The molecule has 1 unspecified atom stereocenters. The number of nitrogens with two attached hydrogens (primary N) is 1. The Labute approximate surface area is 104 Å². The van der Waals surface area contributed by atoms with Crippen molar-refractivity contribution in [2.45, 2.75) is 13.3 Å². The summed E-state index contributed by atoms with van der Waals surface area (Å²) in [6.07, 6.45) is 1.94. The van der Waals surface area contributed by atoms with Crippen molar-refractivity contribution in [1.82, 2.24) is 4.98 Å². The first-order chi connectivity index (χ1) is 8.49. The molecule has 2 heterocycles. The molecule has 0 aliphatic carbocycles. The van der Waals surface area contributed by atoms with Gasteiger partial charge >= 0.3 is 0 Å². The molecule has 18 heavy (non-hydrogen) atoms. The van der Waals surface area contributed by atoms with E-state index >= 15 is 0 Å². The van der Waals surface area contributed by atoms with E-state index in [-0.39, 0.29) is 17.5 Å². The maximum Gasteiger partial charge on any atom is 0.287 e. The predicted octanol–water partition coefficient (Wildman–Crippen LogP) is 0.610. The predicted molar refractivity (Wildman–Crippen MR) is 65.1 cm³/mol. The minimum absolute atomic E-state index is 0.0260. The Morgan fingerprint density at radius 1 is 1.67 bits per heavy atom. The fourth-order valence-electron chi connectivity index (χ4n) is 2.17. The highest BCUT2D eigenvalue weighted by Crippen LogP contribution is 2.26. The lowest BCUT2D eigenvalue weighted by atomic mass is 10.1. The third kappa shape index (κ3) is 2.24. The van der Waals surface area contributed by atoms with Crippen LogP contribution in [0.5, 0.6) is 0 Å². The molecule has 1 saturated heterocycles. The number of primary amides is 1. The van der Waals surface area contributed by atoms with E-state index in [1.165, 1.54) is 12.3 Å². The Hall–Kier alpha value is -2.18. The first kappa shape index (κ1) is 12.3. The van der Waals surface area contributed by atoms with Gasteiger partial charge in [-0.3, -0.25) is 14.9 Å². The van der Waals surface area contributed by atoms with Gasteiger partial charge in [-0.1, -0.05) is 0 Å². The first-order valence-corrected chi connectivity index (χ1v) is 5.64. The van der Waals surface area contributed by atoms with E-state index in [0.29, 0.717) is 25.3 Å². The summed E-state index contributed by atoms with van der Waals surface area (Å²) >= 11 is 0. The van der Waals surface area contributed by atoms with Crippen molar-refractivity contribution in [1.29, 1.82) is 0 Å². The summed E-state index contributed by atoms with van der Waals surface area (Å²) in [5.41, 5.74) is 5.97. The number of nitrogens with zero attached hydrogens (tertiary/aromatic N) is 3. The van der Waals surface area contributed by atoms with Crippen LogP contribution in [0.2, 0.25) is 0 Å². The molecule has 0 spiro atoms. The number of pyridine rings is 1. The van der Waals surface area contributed by atoms with Gasteiger partial charge in [0, 0.05) is 19.2 Å². The van der Waals surface area contributed by atoms with Crippen LogP contribution in [-0.4, -0.2) is 28.9 Å². The zero-order chi connectivity index (χ0) is 13.3. The van der Waals surface area contributed by atoms with Crippen molar-refractivity contribution in [3.63, 3.8) is 0 Å². The summed E-state index contributed by atoms with van der Waals surface area (Å²) in [5.74, 6) is 0.211. The van der Waals surface area contributed by atoms with E-state index < -0.39 is 4.92 Å². The molecule has 0 bridgehead atoms. The van der Waals surface area contributed by atoms with Gasteiger partial charge in [0.2, 0.25) is 5.91 Å². The number of aromatic nitrogens is 1. The van der Waals surface area contributed by atoms with Gasteiger partial charge in [-0.25, -0.2) is 4.98 Å². The van der Waals surface area contributed by atoms with Crippen molar-refractivity contribution in [3.05, 3.63) is 27.9 Å². The molecule has 0 saturated carbocycles. The lowest BCUT2D eigenvalue weighted by Gasteiger charge is -2.18. The molecular formula is C11H14N4O3. The highest BCUT2D eigenvalue weighted by atomic mass is 16.6. The number of carbonyl (C=O) groups excluding carboxylic acids is 1. The third-order valence-electron chi connectivity index (χ3n) is 3.14. The van der Waals surface area contributed by atoms with Crippen molar-refractivity contribution in [2.75, 3.05) is 18.0 Å². The molecule has 2 N–H and O–H groups in total. The molecular weight excluding hydrogens is 236 g/mol. The van der Waals surface area contributed by atoms with E-state index in [1.54, 1.807) is 6.92 Å². The smallest absolute Gasteiger partial charge is 0.287 e. The highest BCUT2D eigenvalue weighted by molar-refractivity contribution is 5.78.